The van der Waals surface area contributed by atoms with Gasteiger partial charge < -0.3 is 15.0 Å². The first-order valence-electron chi connectivity index (χ1n) is 10.0. The normalized spacial score (nSPS) is 16.2. The summed E-state index contributed by atoms with van der Waals surface area (Å²) >= 11 is 0. The number of carbonyl (C=O) groups excluding carboxylic acids is 2. The molecule has 1 heterocycles. The number of ether oxygens (including phenoxy) is 1. The lowest BCUT2D eigenvalue weighted by atomic mass is 9.96. The molecule has 2 aromatic carbocycles. The Bertz CT molecular complexity index is 861. The van der Waals surface area contributed by atoms with Gasteiger partial charge in [-0.25, -0.2) is 0 Å². The third kappa shape index (κ3) is 5.47. The van der Waals surface area contributed by atoms with Gasteiger partial charge in [-0.05, 0) is 54.7 Å². The van der Waals surface area contributed by atoms with E-state index in [-0.39, 0.29) is 17.7 Å². The predicted molar refractivity (Wildman–Crippen MR) is 116 cm³/mol. The summed E-state index contributed by atoms with van der Waals surface area (Å²) in [6.45, 7) is 4.88. The lowest BCUT2D eigenvalue weighted by molar-refractivity contribution is -0.134. The van der Waals surface area contributed by atoms with Crippen LogP contribution < -0.4 is 10.1 Å². The monoisotopic (exact) mass is 392 g/mol. The summed E-state index contributed by atoms with van der Waals surface area (Å²) in [6, 6.07) is 15.6. The molecule has 0 aliphatic carbocycles. The standard InChI is InChI=1S/C24H28N2O3/c1-3-4-10-23(27)26-15-6-8-20(17-26)24(28)25-21-13-11-18(12-14-21)19-7-5-9-22(16-19)29-2/h3,5,7,9,11-14,16,20H,1,4,6,8,10,15,17H2,2H3,(H,25,28)/t20-/m1/s1. The maximum atomic E-state index is 12.7. The van der Waals surface area contributed by atoms with Crippen LogP contribution in [0.4, 0.5) is 5.69 Å². The number of rotatable bonds is 7. The molecule has 0 bridgehead atoms. The van der Waals surface area contributed by atoms with Gasteiger partial charge >= 0.3 is 0 Å². The summed E-state index contributed by atoms with van der Waals surface area (Å²) in [5.74, 6) is 0.712. The molecule has 1 fully saturated rings. The fourth-order valence-electron chi connectivity index (χ4n) is 3.59. The lowest BCUT2D eigenvalue weighted by Gasteiger charge is -2.32. The quantitative estimate of drug-likeness (QED) is 0.706. The maximum absolute atomic E-state index is 12.7. The highest BCUT2D eigenvalue weighted by molar-refractivity contribution is 5.93. The Morgan fingerprint density at radius 2 is 2.00 bits per heavy atom. The molecule has 5 nitrogen and oxygen atoms in total. The fourth-order valence-corrected chi connectivity index (χ4v) is 3.59. The van der Waals surface area contributed by atoms with Gasteiger partial charge in [-0.3, -0.25) is 9.59 Å². The number of hydrogen-bond acceptors (Lipinski definition) is 3. The largest absolute Gasteiger partial charge is 0.497 e. The van der Waals surface area contributed by atoms with Crippen LogP contribution in [0.2, 0.25) is 0 Å². The zero-order valence-electron chi connectivity index (χ0n) is 16.9. The highest BCUT2D eigenvalue weighted by atomic mass is 16.5. The summed E-state index contributed by atoms with van der Waals surface area (Å²) in [6.07, 6.45) is 4.54. The van der Waals surface area contributed by atoms with Crippen molar-refractivity contribution in [3.05, 3.63) is 61.2 Å². The van der Waals surface area contributed by atoms with Crippen LogP contribution in [0.25, 0.3) is 11.1 Å². The van der Waals surface area contributed by atoms with Crippen molar-refractivity contribution in [2.45, 2.75) is 25.7 Å². The van der Waals surface area contributed by atoms with E-state index in [4.69, 9.17) is 4.74 Å². The van der Waals surface area contributed by atoms with Crippen molar-refractivity contribution in [2.75, 3.05) is 25.5 Å². The number of methoxy groups -OCH3 is 1. The number of nitrogens with zero attached hydrogens (tertiary/aromatic N) is 1. The number of benzene rings is 2. The van der Waals surface area contributed by atoms with Gasteiger partial charge in [-0.15, -0.1) is 6.58 Å². The predicted octanol–water partition coefficient (Wildman–Crippen LogP) is 4.51. The Kier molecular flexibility index (Phi) is 7.06. The van der Waals surface area contributed by atoms with Gasteiger partial charge in [0.15, 0.2) is 0 Å². The molecule has 0 radical (unpaired) electrons. The van der Waals surface area contributed by atoms with E-state index in [1.165, 1.54) is 0 Å². The van der Waals surface area contributed by atoms with E-state index in [1.807, 2.05) is 53.4 Å². The van der Waals surface area contributed by atoms with E-state index in [0.717, 1.165) is 42.0 Å². The molecule has 1 aliphatic rings. The zero-order valence-corrected chi connectivity index (χ0v) is 16.9. The van der Waals surface area contributed by atoms with Crippen LogP contribution in [0.5, 0.6) is 5.75 Å². The summed E-state index contributed by atoms with van der Waals surface area (Å²) < 4.78 is 5.28. The minimum Gasteiger partial charge on any atom is -0.497 e. The second-order valence-electron chi connectivity index (χ2n) is 7.30. The van der Waals surface area contributed by atoms with Crippen molar-refractivity contribution in [1.82, 2.24) is 4.90 Å². The summed E-state index contributed by atoms with van der Waals surface area (Å²) in [5.41, 5.74) is 2.87. The third-order valence-corrected chi connectivity index (χ3v) is 5.26. The number of carbonyl (C=O) groups is 2. The summed E-state index contributed by atoms with van der Waals surface area (Å²) in [7, 11) is 1.65. The van der Waals surface area contributed by atoms with Crippen molar-refractivity contribution < 1.29 is 14.3 Å². The van der Waals surface area contributed by atoms with E-state index < -0.39 is 0 Å². The molecule has 29 heavy (non-hydrogen) atoms. The molecule has 0 unspecified atom stereocenters. The van der Waals surface area contributed by atoms with Crippen molar-refractivity contribution >= 4 is 17.5 Å². The van der Waals surface area contributed by atoms with Crippen LogP contribution in [-0.2, 0) is 9.59 Å². The van der Waals surface area contributed by atoms with Crippen molar-refractivity contribution in [1.29, 1.82) is 0 Å². The molecule has 0 saturated carbocycles. The smallest absolute Gasteiger partial charge is 0.229 e. The molecular formula is C24H28N2O3. The Labute approximate surface area is 172 Å². The molecule has 5 heteroatoms. The van der Waals surface area contributed by atoms with E-state index in [1.54, 1.807) is 13.2 Å². The molecule has 1 N–H and O–H groups in total. The number of allylic oxidation sites excluding steroid dienone is 1. The molecule has 1 saturated heterocycles. The van der Waals surface area contributed by atoms with Crippen LogP contribution in [0.3, 0.4) is 0 Å². The van der Waals surface area contributed by atoms with E-state index in [0.29, 0.717) is 19.4 Å². The Hall–Kier alpha value is -3.08. The maximum Gasteiger partial charge on any atom is 0.229 e. The Morgan fingerprint density at radius 1 is 1.21 bits per heavy atom. The average Bonchev–Trinajstić information content (AvgIpc) is 2.78. The van der Waals surface area contributed by atoms with E-state index in [2.05, 4.69) is 11.9 Å². The number of amides is 2. The first kappa shape index (κ1) is 20.6. The van der Waals surface area contributed by atoms with Gasteiger partial charge in [-0.2, -0.15) is 0 Å². The molecule has 2 aromatic rings. The van der Waals surface area contributed by atoms with Gasteiger partial charge in [-0.1, -0.05) is 30.3 Å². The summed E-state index contributed by atoms with van der Waals surface area (Å²) in [5, 5.41) is 3.00. The van der Waals surface area contributed by atoms with Crippen molar-refractivity contribution in [3.63, 3.8) is 0 Å². The van der Waals surface area contributed by atoms with Gasteiger partial charge in [0.05, 0.1) is 13.0 Å². The second-order valence-corrected chi connectivity index (χ2v) is 7.30. The Morgan fingerprint density at radius 3 is 2.72 bits per heavy atom. The number of piperidine rings is 1. The number of hydrogen-bond donors (Lipinski definition) is 1. The SMILES string of the molecule is C=CCCC(=O)N1CCC[C@@H](C(=O)Nc2ccc(-c3cccc(OC)c3)cc2)C1. The van der Waals surface area contributed by atoms with Gasteiger partial charge in [0.1, 0.15) is 5.75 Å². The highest BCUT2D eigenvalue weighted by Gasteiger charge is 2.28. The third-order valence-electron chi connectivity index (χ3n) is 5.26. The van der Waals surface area contributed by atoms with Gasteiger partial charge in [0.2, 0.25) is 11.8 Å². The highest BCUT2D eigenvalue weighted by Crippen LogP contribution is 2.26. The van der Waals surface area contributed by atoms with E-state index >= 15 is 0 Å². The molecule has 152 valence electrons. The molecular weight excluding hydrogens is 364 g/mol. The first-order chi connectivity index (χ1) is 14.1. The van der Waals surface area contributed by atoms with Crippen LogP contribution in [-0.4, -0.2) is 36.9 Å². The molecule has 3 rings (SSSR count). The van der Waals surface area contributed by atoms with Crippen molar-refractivity contribution in [3.8, 4) is 16.9 Å². The summed E-state index contributed by atoms with van der Waals surface area (Å²) in [4.78, 5) is 26.8. The topological polar surface area (TPSA) is 58.6 Å². The molecule has 2 amide bonds. The number of anilines is 1. The van der Waals surface area contributed by atoms with Crippen LogP contribution >= 0.6 is 0 Å². The first-order valence-corrected chi connectivity index (χ1v) is 10.0. The Balaban J connectivity index is 1.60. The van der Waals surface area contributed by atoms with Crippen LogP contribution in [0, 0.1) is 5.92 Å². The zero-order chi connectivity index (χ0) is 20.6. The van der Waals surface area contributed by atoms with Gasteiger partial charge in [0, 0.05) is 25.2 Å². The van der Waals surface area contributed by atoms with Crippen LogP contribution in [0.1, 0.15) is 25.7 Å². The second kappa shape index (κ2) is 9.92. The number of nitrogens with one attached hydrogen (secondary N) is 1. The van der Waals surface area contributed by atoms with Crippen LogP contribution in [0.15, 0.2) is 61.2 Å². The fraction of sp³-hybridized carbons (Fsp3) is 0.333. The molecule has 0 aromatic heterocycles. The molecule has 0 spiro atoms. The van der Waals surface area contributed by atoms with Crippen molar-refractivity contribution in [2.24, 2.45) is 5.92 Å². The molecule has 1 aliphatic heterocycles. The van der Waals surface area contributed by atoms with Gasteiger partial charge in [0.25, 0.3) is 0 Å². The minimum atomic E-state index is -0.172. The average molecular weight is 392 g/mol. The molecule has 1 atom stereocenters. The minimum absolute atomic E-state index is 0.0275. The van der Waals surface area contributed by atoms with E-state index in [9.17, 15) is 9.59 Å². The lowest BCUT2D eigenvalue weighted by Crippen LogP contribution is -2.43. The number of likely N-dealkylation sites (tertiary alicyclic amines) is 1.